The van der Waals surface area contributed by atoms with Gasteiger partial charge in [0.15, 0.2) is 17.3 Å². The van der Waals surface area contributed by atoms with E-state index in [0.29, 0.717) is 42.7 Å². The number of anilines is 1. The average Bonchev–Trinajstić information content (AvgIpc) is 1.72. The van der Waals surface area contributed by atoms with Crippen molar-refractivity contribution >= 4 is 101 Å². The van der Waals surface area contributed by atoms with Crippen molar-refractivity contribution in [3.8, 4) is 5.75 Å². The third kappa shape index (κ3) is 29.0. The predicted octanol–water partition coefficient (Wildman–Crippen LogP) is 5.10. The van der Waals surface area contributed by atoms with Gasteiger partial charge in [-0.1, -0.05) is 87.3 Å². The first-order valence-electron chi connectivity index (χ1n) is 38.7. The van der Waals surface area contributed by atoms with Gasteiger partial charge in [0.25, 0.3) is 0 Å². The van der Waals surface area contributed by atoms with Crippen molar-refractivity contribution in [2.24, 2.45) is 40.7 Å². The van der Waals surface area contributed by atoms with E-state index in [0.717, 1.165) is 18.9 Å². The van der Waals surface area contributed by atoms with Crippen molar-refractivity contribution in [2.75, 3.05) is 92.8 Å². The number of unbranched alkanes of at least 4 members (excludes halogenated alkanes) is 2. The fraction of sp³-hybridized carbons (Fsp3) is 0.667. The van der Waals surface area contributed by atoms with Gasteiger partial charge in [-0.3, -0.25) is 62.5 Å². The van der Waals surface area contributed by atoms with Crippen LogP contribution in [0.15, 0.2) is 42.5 Å². The molecule has 630 valence electrons. The minimum absolute atomic E-state index is 0.0183. The molecule has 1 aliphatic carbocycles. The molecule has 0 radical (unpaired) electrons. The minimum atomic E-state index is -1.15. The van der Waals surface area contributed by atoms with Crippen LogP contribution in [-0.2, 0) is 73.5 Å². The fourth-order valence-electron chi connectivity index (χ4n) is 14.1. The van der Waals surface area contributed by atoms with Gasteiger partial charge in [0.1, 0.15) is 30.8 Å². The van der Waals surface area contributed by atoms with Gasteiger partial charge < -0.3 is 86.9 Å². The molecule has 0 aromatic heterocycles. The quantitative estimate of drug-likeness (QED) is 0.0234. The molecule has 3 fully saturated rings. The van der Waals surface area contributed by atoms with Crippen LogP contribution in [0.4, 0.5) is 24.5 Å². The van der Waals surface area contributed by atoms with Crippen molar-refractivity contribution in [3.63, 3.8) is 0 Å². The Morgan fingerprint density at radius 3 is 1.98 bits per heavy atom. The second kappa shape index (κ2) is 45.6. The number of rotatable bonds is 48. The molecule has 1 saturated carbocycles. The molecule has 35 heteroatoms. The maximum atomic E-state index is 15.0. The number of carbonyl (C=O) groups excluding carboxylic acids is 13. The van der Waals surface area contributed by atoms with Crippen molar-refractivity contribution in [1.29, 1.82) is 0 Å². The van der Waals surface area contributed by atoms with E-state index in [4.69, 9.17) is 29.4 Å². The summed E-state index contributed by atoms with van der Waals surface area (Å²) in [7, 11) is 9.25. The number of carbonyl (C=O) groups is 14. The number of aliphatic carboxylic acids is 1. The number of hydrogen-bond donors (Lipinski definition) is 10. The number of carboxylic acids is 1. The van der Waals surface area contributed by atoms with Gasteiger partial charge in [-0.05, 0) is 118 Å². The number of methoxy groups -OCH3 is 3. The van der Waals surface area contributed by atoms with Crippen molar-refractivity contribution < 1.29 is 100 Å². The summed E-state index contributed by atoms with van der Waals surface area (Å²) in [5.41, 5.74) is 5.73. The highest BCUT2D eigenvalue weighted by Gasteiger charge is 2.49. The topological polar surface area (TPSA) is 441 Å². The van der Waals surface area contributed by atoms with Crippen molar-refractivity contribution in [2.45, 2.75) is 212 Å². The lowest BCUT2D eigenvalue weighted by Gasteiger charge is -2.41. The van der Waals surface area contributed by atoms with Crippen LogP contribution in [-0.4, -0.2) is 255 Å². The third-order valence-electron chi connectivity index (χ3n) is 20.8. The number of nitrogens with two attached hydrogens (primary N) is 1. The number of benzene rings is 2. The summed E-state index contributed by atoms with van der Waals surface area (Å²) in [4.78, 5) is 192. The largest absolute Gasteiger partial charge is 0.494 e. The van der Waals surface area contributed by atoms with E-state index in [2.05, 4.69) is 42.5 Å². The number of ketones is 1. The number of Topliss-reactive ketones (excluding diaryl/α,β-unsaturated/α-hetero) is 1. The molecule has 33 nitrogen and oxygen atoms in total. The molecule has 2 heterocycles. The van der Waals surface area contributed by atoms with Gasteiger partial charge in [0.05, 0.1) is 74.5 Å². The number of hydrogen-bond acceptors (Lipinski definition) is 21. The second-order valence-electron chi connectivity index (χ2n) is 30.7. The van der Waals surface area contributed by atoms with Crippen LogP contribution in [0.25, 0.3) is 0 Å². The van der Waals surface area contributed by atoms with Gasteiger partial charge in [-0.25, -0.2) is 18.8 Å². The summed E-state index contributed by atoms with van der Waals surface area (Å²) < 4.78 is 42.9. The number of nitrogens with one attached hydrogen (secondary N) is 8. The number of carboxylic acid groups (broad SMARTS) is 1. The van der Waals surface area contributed by atoms with E-state index in [1.807, 2.05) is 41.5 Å². The van der Waals surface area contributed by atoms with Crippen LogP contribution in [0.5, 0.6) is 5.75 Å². The first-order valence-corrected chi connectivity index (χ1v) is 39.7. The third-order valence-corrected chi connectivity index (χ3v) is 22.4. The molecule has 12 atom stereocenters. The molecule has 2 aromatic carbocycles. The number of likely N-dealkylation sites (tertiary alicyclic amines) is 2. The highest BCUT2D eigenvalue weighted by Crippen LogP contribution is 2.52. The molecular formula is C78H120FN13O20S. The number of amides is 13. The number of urea groups is 1. The molecule has 13 amide bonds. The van der Waals surface area contributed by atoms with E-state index in [9.17, 15) is 71.8 Å². The number of thioether (sulfide) groups is 1. The number of likely N-dealkylation sites (N-methyl/N-ethyl adjacent to an activating group) is 2. The molecule has 0 spiro atoms. The molecule has 0 bridgehead atoms. The predicted molar refractivity (Wildman–Crippen MR) is 418 cm³/mol. The molecule has 2 aliphatic heterocycles. The number of imide groups is 1. The molecule has 5 rings (SSSR count). The molecule has 2 saturated heterocycles. The maximum Gasteiger partial charge on any atom is 0.407 e. The normalized spacial score (nSPS) is 18.2. The first-order chi connectivity index (χ1) is 53.4. The summed E-state index contributed by atoms with van der Waals surface area (Å²) in [6.07, 6.45) is -1.21. The van der Waals surface area contributed by atoms with E-state index < -0.39 is 144 Å². The summed E-state index contributed by atoms with van der Waals surface area (Å²) in [6.45, 7) is 15.4. The zero-order valence-corrected chi connectivity index (χ0v) is 68.7. The van der Waals surface area contributed by atoms with Gasteiger partial charge in [-0.2, -0.15) is 0 Å². The zero-order chi connectivity index (χ0) is 84.1. The van der Waals surface area contributed by atoms with Crippen molar-refractivity contribution in [3.05, 3.63) is 59.4 Å². The molecule has 113 heavy (non-hydrogen) atoms. The van der Waals surface area contributed by atoms with Crippen LogP contribution in [0, 0.1) is 40.8 Å². The number of primary amides is 1. The van der Waals surface area contributed by atoms with Crippen LogP contribution in [0.2, 0.25) is 0 Å². The first kappa shape index (κ1) is 94.4. The SMILES string of the molecule is CC[C@H](C)[C@@H]([C@@H](CC(=O)N1C[C@@H](OC(=O)NCCNC(=O)OCc2ccc(NC(=O)[C@H](CCCNC(N)=O)NC(=O)[C@@H](NC(=O)CCCCCN3C(=O)CC(SCC4(CC(=O)O)CC4)C3=O)C(C)C)cc2)C[C@H]1[C@H](OC)[C@@H](C)C(=O)NCC(=O)c1ccc(OC)c(F)c1)OC)N(C)C(=O)[C@@H](NC(=O)[C@H](C(C)C)N(C)C)C(C)C. The van der Waals surface area contributed by atoms with E-state index in [1.165, 1.54) is 59.9 Å². The summed E-state index contributed by atoms with van der Waals surface area (Å²) >= 11 is 1.34. The number of halogens is 1. The number of alkyl carbamates (subject to hydrolysis) is 2. The Hall–Kier alpha value is -9.22. The number of ether oxygens (including phenoxy) is 5. The Kier molecular flexibility index (Phi) is 38.1. The molecule has 3 aliphatic rings. The van der Waals surface area contributed by atoms with Crippen LogP contribution in [0.3, 0.4) is 0 Å². The van der Waals surface area contributed by atoms with Crippen LogP contribution in [0.1, 0.15) is 162 Å². The summed E-state index contributed by atoms with van der Waals surface area (Å²) in [6, 6.07) is 3.82. The lowest BCUT2D eigenvalue weighted by molar-refractivity contribution is -0.148. The van der Waals surface area contributed by atoms with Crippen molar-refractivity contribution in [1.82, 2.24) is 56.8 Å². The summed E-state index contributed by atoms with van der Waals surface area (Å²) in [5, 5.41) is 30.1. The highest BCUT2D eigenvalue weighted by molar-refractivity contribution is 8.00. The average molecular weight is 1610 g/mol. The lowest BCUT2D eigenvalue weighted by atomic mass is 9.89. The Balaban J connectivity index is 1.16. The lowest BCUT2D eigenvalue weighted by Crippen LogP contribution is -2.59. The van der Waals surface area contributed by atoms with Gasteiger partial charge >= 0.3 is 24.2 Å². The van der Waals surface area contributed by atoms with E-state index in [1.54, 1.807) is 71.1 Å². The molecule has 11 N–H and O–H groups in total. The van der Waals surface area contributed by atoms with Crippen LogP contribution < -0.4 is 53.0 Å². The standard InChI is InChI=1S/C78H120FN13O20S/c1-16-47(8)67(90(12)74(104)65(45(4)5)88-72(102)66(46(6)7)89(10)11)58(109-14)37-61(95)92-41-52(36-55(92)68(110-15)48(9)69(99)84-40-56(93)50-25-28-57(108-13)53(79)35-50)112-77(107)83-33-32-82-76(106)111-42-49-23-26-51(27-24-49)85-70(100)54(21-20-31-81-75(80)105)86-71(101)64(44(2)3)87-60(94)22-18-17-19-34-91-62(96)38-59(73(91)103)113-43-78(29-30-78)39-63(97)98/h23-28,35,44-48,52,54-55,58-59,64-68H,16-22,29-34,36-43H2,1-15H3,(H,82,106)(H,83,107)(H,84,99)(H,85,100)(H,86,101)(H,87,94)(H,88,102)(H,97,98)(H3,80,81,105)/t47-,48+,52-,54-,55-,58+,59?,64-,65-,66-,67-,68+/m0/s1. The Bertz CT molecular complexity index is 3600. The Morgan fingerprint density at radius 1 is 0.743 bits per heavy atom. The Morgan fingerprint density at radius 2 is 1.41 bits per heavy atom. The zero-order valence-electron chi connectivity index (χ0n) is 67.9. The fourth-order valence-corrected chi connectivity index (χ4v) is 15.6. The molecule has 2 aromatic rings. The number of nitrogens with zero attached hydrogens (tertiary/aromatic N) is 4. The van der Waals surface area contributed by atoms with E-state index in [-0.39, 0.29) is 142 Å². The molecular weight excluding hydrogens is 1490 g/mol. The van der Waals surface area contributed by atoms with Crippen LogP contribution >= 0.6 is 11.8 Å². The van der Waals surface area contributed by atoms with E-state index >= 15 is 4.79 Å². The second-order valence-corrected chi connectivity index (χ2v) is 31.9. The van der Waals surface area contributed by atoms with Gasteiger partial charge in [0.2, 0.25) is 53.2 Å². The monoisotopic (exact) mass is 1610 g/mol. The minimum Gasteiger partial charge on any atom is -0.494 e. The molecule has 1 unspecified atom stereocenters. The smallest absolute Gasteiger partial charge is 0.407 e. The van der Waals surface area contributed by atoms with Gasteiger partial charge in [0, 0.05) is 83.7 Å². The van der Waals surface area contributed by atoms with Gasteiger partial charge in [-0.15, -0.1) is 11.8 Å². The highest BCUT2D eigenvalue weighted by atomic mass is 32.2. The summed E-state index contributed by atoms with van der Waals surface area (Å²) in [5.74, 6) is -8.04. The maximum absolute atomic E-state index is 15.0. The Labute approximate surface area is 665 Å².